The van der Waals surface area contributed by atoms with Crippen LogP contribution in [-0.4, -0.2) is 15.4 Å². The summed E-state index contributed by atoms with van der Waals surface area (Å²) in [5, 5.41) is 16.6. The van der Waals surface area contributed by atoms with Gasteiger partial charge in [0.05, 0.1) is 6.61 Å². The summed E-state index contributed by atoms with van der Waals surface area (Å²) >= 11 is 0. The summed E-state index contributed by atoms with van der Waals surface area (Å²) in [5.74, 6) is 0.692. The van der Waals surface area contributed by atoms with Gasteiger partial charge in [-0.15, -0.1) is 0 Å². The van der Waals surface area contributed by atoms with Gasteiger partial charge in [-0.1, -0.05) is 28.5 Å². The van der Waals surface area contributed by atoms with Crippen molar-refractivity contribution in [3.05, 3.63) is 40.7 Å². The number of aromatic nitrogens is 2. The minimum absolute atomic E-state index is 0.0486. The third kappa shape index (κ3) is 2.45. The number of aliphatic hydroxyl groups excluding tert-OH is 1. The van der Waals surface area contributed by atoms with E-state index in [4.69, 9.17) is 4.74 Å². The lowest BCUT2D eigenvalue weighted by Gasteiger charge is -2.11. The van der Waals surface area contributed by atoms with Crippen LogP contribution in [-0.2, 0) is 13.2 Å². The number of para-hydroxylation sites is 1. The summed E-state index contributed by atoms with van der Waals surface area (Å²) < 4.78 is 10.3. The maximum absolute atomic E-state index is 9.23. The smallest absolute Gasteiger partial charge is 0.145 e. The van der Waals surface area contributed by atoms with Crippen LogP contribution in [0.5, 0.6) is 5.75 Å². The number of hydrogen-bond donors (Lipinski definition) is 1. The molecule has 1 aromatic heterocycles. The molecule has 0 unspecified atom stereocenters. The molecule has 5 heteroatoms. The third-order valence-corrected chi connectivity index (χ3v) is 2.56. The van der Waals surface area contributed by atoms with Crippen molar-refractivity contribution in [3.8, 4) is 5.75 Å². The highest BCUT2D eigenvalue weighted by atomic mass is 16.6. The average molecular weight is 234 g/mol. The third-order valence-electron chi connectivity index (χ3n) is 2.56. The SMILES string of the molecule is Cc1cccc(CO)c1OCc1nonc1C. The quantitative estimate of drug-likeness (QED) is 0.872. The average Bonchev–Trinajstić information content (AvgIpc) is 2.73. The number of rotatable bonds is 4. The first-order valence-corrected chi connectivity index (χ1v) is 5.32. The summed E-state index contributed by atoms with van der Waals surface area (Å²) in [6.45, 7) is 3.97. The van der Waals surface area contributed by atoms with Gasteiger partial charge in [0.25, 0.3) is 0 Å². The summed E-state index contributed by atoms with van der Waals surface area (Å²) in [7, 11) is 0. The molecule has 0 saturated heterocycles. The van der Waals surface area contributed by atoms with E-state index in [1.54, 1.807) is 6.92 Å². The van der Waals surface area contributed by atoms with Gasteiger partial charge >= 0.3 is 0 Å². The van der Waals surface area contributed by atoms with Gasteiger partial charge in [0, 0.05) is 5.56 Å². The summed E-state index contributed by atoms with van der Waals surface area (Å²) in [6, 6.07) is 5.65. The van der Waals surface area contributed by atoms with Crippen molar-refractivity contribution in [2.24, 2.45) is 0 Å². The zero-order chi connectivity index (χ0) is 12.3. The van der Waals surface area contributed by atoms with Crippen molar-refractivity contribution in [2.45, 2.75) is 27.1 Å². The zero-order valence-corrected chi connectivity index (χ0v) is 9.80. The van der Waals surface area contributed by atoms with Gasteiger partial charge in [0.2, 0.25) is 0 Å². The highest BCUT2D eigenvalue weighted by molar-refractivity contribution is 5.40. The predicted molar refractivity (Wildman–Crippen MR) is 60.5 cm³/mol. The number of aryl methyl sites for hydroxylation is 2. The fourth-order valence-electron chi connectivity index (χ4n) is 1.57. The Morgan fingerprint density at radius 1 is 1.29 bits per heavy atom. The van der Waals surface area contributed by atoms with Crippen LogP contribution in [0.2, 0.25) is 0 Å². The van der Waals surface area contributed by atoms with E-state index in [1.807, 2.05) is 25.1 Å². The molecular weight excluding hydrogens is 220 g/mol. The molecule has 0 amide bonds. The molecule has 5 nitrogen and oxygen atoms in total. The Kier molecular flexibility index (Phi) is 3.39. The molecule has 1 N–H and O–H groups in total. The first-order valence-electron chi connectivity index (χ1n) is 5.32. The summed E-state index contributed by atoms with van der Waals surface area (Å²) in [4.78, 5) is 0. The molecule has 0 atom stereocenters. The molecule has 0 radical (unpaired) electrons. The molecule has 0 aliphatic rings. The minimum atomic E-state index is -0.0486. The van der Waals surface area contributed by atoms with Gasteiger partial charge in [-0.3, -0.25) is 0 Å². The molecule has 0 saturated carbocycles. The molecule has 90 valence electrons. The molecule has 2 aromatic rings. The van der Waals surface area contributed by atoms with E-state index in [-0.39, 0.29) is 13.2 Å². The van der Waals surface area contributed by atoms with E-state index in [1.165, 1.54) is 0 Å². The van der Waals surface area contributed by atoms with Crippen LogP contribution >= 0.6 is 0 Å². The van der Waals surface area contributed by atoms with Crippen molar-refractivity contribution < 1.29 is 14.5 Å². The molecule has 0 bridgehead atoms. The van der Waals surface area contributed by atoms with Crippen LogP contribution in [0.4, 0.5) is 0 Å². The van der Waals surface area contributed by atoms with Crippen LogP contribution in [0.3, 0.4) is 0 Å². The Morgan fingerprint density at radius 3 is 2.76 bits per heavy atom. The number of hydrogen-bond acceptors (Lipinski definition) is 5. The van der Waals surface area contributed by atoms with Crippen LogP contribution in [0.1, 0.15) is 22.5 Å². The Labute approximate surface area is 99.0 Å². The highest BCUT2D eigenvalue weighted by Gasteiger charge is 2.10. The first kappa shape index (κ1) is 11.6. The Morgan fingerprint density at radius 2 is 2.12 bits per heavy atom. The fraction of sp³-hybridized carbons (Fsp3) is 0.333. The number of nitrogens with zero attached hydrogens (tertiary/aromatic N) is 2. The molecule has 0 spiro atoms. The molecular formula is C12H14N2O3. The van der Waals surface area contributed by atoms with Crippen LogP contribution in [0.15, 0.2) is 22.8 Å². The van der Waals surface area contributed by atoms with Crippen molar-refractivity contribution in [2.75, 3.05) is 0 Å². The Bertz CT molecular complexity index is 508. The van der Waals surface area contributed by atoms with Gasteiger partial charge in [-0.05, 0) is 19.4 Å². The predicted octanol–water partition coefficient (Wildman–Crippen LogP) is 1.76. The van der Waals surface area contributed by atoms with Crippen LogP contribution in [0.25, 0.3) is 0 Å². The van der Waals surface area contributed by atoms with Crippen molar-refractivity contribution in [3.63, 3.8) is 0 Å². The normalized spacial score (nSPS) is 10.5. The van der Waals surface area contributed by atoms with Gasteiger partial charge in [-0.2, -0.15) is 0 Å². The minimum Gasteiger partial charge on any atom is -0.486 e. The maximum atomic E-state index is 9.23. The fourth-order valence-corrected chi connectivity index (χ4v) is 1.57. The van der Waals surface area contributed by atoms with E-state index < -0.39 is 0 Å². The lowest BCUT2D eigenvalue weighted by molar-refractivity contribution is 0.248. The van der Waals surface area contributed by atoms with Crippen molar-refractivity contribution in [1.29, 1.82) is 0 Å². The van der Waals surface area contributed by atoms with Gasteiger partial charge in [0.15, 0.2) is 0 Å². The van der Waals surface area contributed by atoms with Crippen molar-refractivity contribution >= 4 is 0 Å². The van der Waals surface area contributed by atoms with E-state index in [9.17, 15) is 5.11 Å². The molecule has 0 aliphatic carbocycles. The molecule has 1 aromatic carbocycles. The molecule has 0 fully saturated rings. The van der Waals surface area contributed by atoms with Crippen LogP contribution in [0, 0.1) is 13.8 Å². The summed E-state index contributed by atoms with van der Waals surface area (Å²) in [5.41, 5.74) is 3.12. The van der Waals surface area contributed by atoms with E-state index in [2.05, 4.69) is 14.9 Å². The Hall–Kier alpha value is -1.88. The van der Waals surface area contributed by atoms with E-state index in [0.29, 0.717) is 17.1 Å². The second-order valence-electron chi connectivity index (χ2n) is 3.81. The first-order chi connectivity index (χ1) is 8.22. The maximum Gasteiger partial charge on any atom is 0.145 e. The Balaban J connectivity index is 2.16. The van der Waals surface area contributed by atoms with Gasteiger partial charge in [0.1, 0.15) is 23.7 Å². The van der Waals surface area contributed by atoms with Gasteiger partial charge < -0.3 is 9.84 Å². The van der Waals surface area contributed by atoms with E-state index in [0.717, 1.165) is 11.1 Å². The molecule has 0 aliphatic heterocycles. The molecule has 2 rings (SSSR count). The topological polar surface area (TPSA) is 68.4 Å². The van der Waals surface area contributed by atoms with Crippen LogP contribution < -0.4 is 4.74 Å². The second kappa shape index (κ2) is 4.97. The second-order valence-corrected chi connectivity index (χ2v) is 3.81. The molecule has 17 heavy (non-hydrogen) atoms. The lowest BCUT2D eigenvalue weighted by Crippen LogP contribution is -2.02. The van der Waals surface area contributed by atoms with E-state index >= 15 is 0 Å². The zero-order valence-electron chi connectivity index (χ0n) is 9.80. The highest BCUT2D eigenvalue weighted by Crippen LogP contribution is 2.24. The largest absolute Gasteiger partial charge is 0.486 e. The van der Waals surface area contributed by atoms with Gasteiger partial charge in [-0.25, -0.2) is 4.63 Å². The number of ether oxygens (including phenoxy) is 1. The molecule has 1 heterocycles. The summed E-state index contributed by atoms with van der Waals surface area (Å²) in [6.07, 6.45) is 0. The van der Waals surface area contributed by atoms with Crippen molar-refractivity contribution in [1.82, 2.24) is 10.3 Å². The number of aliphatic hydroxyl groups is 1. The monoisotopic (exact) mass is 234 g/mol. The number of benzene rings is 1. The lowest BCUT2D eigenvalue weighted by atomic mass is 10.1. The standard InChI is InChI=1S/C12H14N2O3/c1-8-4-3-5-10(6-15)12(8)16-7-11-9(2)13-17-14-11/h3-5,15H,6-7H2,1-2H3.